The summed E-state index contributed by atoms with van der Waals surface area (Å²) in [6.07, 6.45) is 2.23. The molecule has 86 heavy (non-hydrogen) atoms. The quantitative estimate of drug-likeness (QED) is 0.125. The zero-order chi connectivity index (χ0) is 66.2. The van der Waals surface area contributed by atoms with E-state index in [-0.39, 0.29) is 81.1 Å². The van der Waals surface area contributed by atoms with E-state index in [0.29, 0.717) is 45.3 Å². The van der Waals surface area contributed by atoms with Crippen molar-refractivity contribution in [2.45, 2.75) is 381 Å². The second kappa shape index (κ2) is 58.3. The Labute approximate surface area is 546 Å². The van der Waals surface area contributed by atoms with Crippen LogP contribution in [0.3, 0.4) is 0 Å². The van der Waals surface area contributed by atoms with E-state index in [1.54, 1.807) is 48.5 Å². The molecule has 0 aromatic heterocycles. The molecule has 1 unspecified atom stereocenters. The minimum Gasteiger partial charge on any atom is -0.248 e. The maximum Gasteiger partial charge on any atom is 0.389 e. The second-order valence-electron chi connectivity index (χ2n) is 32.6. The van der Waals surface area contributed by atoms with Gasteiger partial charge in [-0.1, -0.05) is 323 Å². The number of rotatable bonds is 6. The first-order chi connectivity index (χ1) is 34.2. The first-order valence-corrected chi connectivity index (χ1v) is 29.6. The molecule has 0 radical (unpaired) electrons. The molecule has 0 nitrogen and oxygen atoms in total. The monoisotopic (exact) mass is 1280 g/mol. The topological polar surface area (TPSA) is 0 Å². The van der Waals surface area contributed by atoms with Crippen molar-refractivity contribution in [3.8, 4) is 12.3 Å². The van der Waals surface area contributed by atoms with Crippen LogP contribution in [0.4, 0.5) is 39.5 Å². The predicted octanol–water partition coefficient (Wildman–Crippen LogP) is 31.6. The standard InChI is InChI=1S/C10H14.C7H13F3.C7H14F2.C7H15F.C7H16.C7H14.C7H12.C6H11F3.C6H14.C5H12S.7CH4/c1-10(2,3)9-7-5-4-6-8-9;1-6(2,3)4-5-7(8,9)10;1-7(2,3)5-4-6(8)9;1-6(8)5-7(2,3)4;3*1-5-6-7(2,3)4;1-5(2,3)4-6(7,8)9;1-5-6(2,3)4;1-5(2,3)4-6;;;;;;;/h4-8H,1-3H3;4-5H2,1-3H3;6H,4-5H2,1-3H3;6H,5H2,1-4H3;5-6H2,1-4H3;5H,1,6H2,2-4H3;1H,6H2,2-4H3;4H2,1-3H3;5H2,1-4H3;6H,4H2,1-3H3;7*1H4. The molecule has 10 heteroatoms. The molecule has 1 aromatic carbocycles. The summed E-state index contributed by atoms with van der Waals surface area (Å²) < 4.78 is 105. The number of allylic oxidation sites excluding steroid dienone is 1. The molecule has 0 aliphatic heterocycles. The number of halogens is 9. The normalized spacial score (nSPS) is 11.7. The SMILES string of the molecule is C.C.C.C.C.C.C.C#CCC(C)(C)C.C=CCC(C)(C)C.CC(C)(C)CC(F)(F)F.CC(C)(C)CCC(F)(F)F.CC(C)(C)CCC(F)F.CC(C)(C)CS.CC(C)(C)c1ccccc1.CC(F)CC(C)(C)C.CCC(C)(C)C.CCCC(C)(C)C. The van der Waals surface area contributed by atoms with Crippen molar-refractivity contribution in [2.24, 2.45) is 48.7 Å². The summed E-state index contributed by atoms with van der Waals surface area (Å²) in [4.78, 5) is 0. The molecule has 0 aliphatic carbocycles. The summed E-state index contributed by atoms with van der Waals surface area (Å²) in [6, 6.07) is 10.6. The number of benzene rings is 1. The van der Waals surface area contributed by atoms with Gasteiger partial charge in [-0.2, -0.15) is 39.0 Å². The smallest absolute Gasteiger partial charge is 0.248 e. The zero-order valence-electron chi connectivity index (χ0n) is 58.2. The number of terminal acetylenes is 1. The van der Waals surface area contributed by atoms with Gasteiger partial charge in [0.05, 0.1) is 6.17 Å². The lowest BCUT2D eigenvalue weighted by Gasteiger charge is -2.19. The lowest BCUT2D eigenvalue weighted by molar-refractivity contribution is -0.152. The fourth-order valence-electron chi connectivity index (χ4n) is 4.93. The van der Waals surface area contributed by atoms with E-state index in [1.165, 1.54) is 24.8 Å². The number of hydrogen-bond donors (Lipinski definition) is 1. The Morgan fingerprint density at radius 3 is 0.849 bits per heavy atom. The van der Waals surface area contributed by atoms with Crippen LogP contribution in [0.1, 0.15) is 357 Å². The maximum absolute atomic E-state index is 12.2. The molecule has 0 amide bonds. The van der Waals surface area contributed by atoms with Crippen molar-refractivity contribution in [3.63, 3.8) is 0 Å². The van der Waals surface area contributed by atoms with Gasteiger partial charge in [0.1, 0.15) is 0 Å². The molecule has 0 bridgehead atoms. The molecule has 0 saturated carbocycles. The first-order valence-electron chi connectivity index (χ1n) is 28.9. The minimum absolute atomic E-state index is 0. The van der Waals surface area contributed by atoms with E-state index < -0.39 is 43.2 Å². The van der Waals surface area contributed by atoms with Crippen molar-refractivity contribution >= 4 is 12.6 Å². The Morgan fingerprint density at radius 1 is 0.465 bits per heavy atom. The molecular formula is C76H163F9S. The van der Waals surface area contributed by atoms with Crippen LogP contribution in [0, 0.1) is 61.1 Å². The third-order valence-corrected chi connectivity index (χ3v) is 10.4. The number of thiol groups is 1. The molecule has 0 fully saturated rings. The molecule has 0 heterocycles. The van der Waals surface area contributed by atoms with Crippen LogP contribution in [0.2, 0.25) is 0 Å². The van der Waals surface area contributed by atoms with E-state index in [1.807, 2.05) is 47.6 Å². The Hall–Kier alpha value is -1.76. The Bertz CT molecular complexity index is 1470. The lowest BCUT2D eigenvalue weighted by Crippen LogP contribution is -2.18. The summed E-state index contributed by atoms with van der Waals surface area (Å²) in [5.74, 6) is 3.57. The Kier molecular flexibility index (Phi) is 85.0. The fourth-order valence-corrected chi connectivity index (χ4v) is 4.93. The van der Waals surface area contributed by atoms with Crippen molar-refractivity contribution in [2.75, 3.05) is 5.75 Å². The summed E-state index contributed by atoms with van der Waals surface area (Å²) in [5, 5.41) is 0. The molecule has 0 aliphatic rings. The van der Waals surface area contributed by atoms with Gasteiger partial charge in [0.2, 0.25) is 6.43 Å². The molecule has 0 N–H and O–H groups in total. The highest BCUT2D eigenvalue weighted by Gasteiger charge is 2.33. The summed E-state index contributed by atoms with van der Waals surface area (Å²) in [7, 11) is 0. The van der Waals surface area contributed by atoms with Gasteiger partial charge in [-0.3, -0.25) is 0 Å². The maximum atomic E-state index is 12.2. The average Bonchev–Trinajstić information content (AvgIpc) is 3.13. The van der Waals surface area contributed by atoms with E-state index in [4.69, 9.17) is 6.42 Å². The largest absolute Gasteiger partial charge is 0.389 e. The third-order valence-electron chi connectivity index (χ3n) is 9.46. The highest BCUT2D eigenvalue weighted by atomic mass is 32.1. The lowest BCUT2D eigenvalue weighted by atomic mass is 9.87. The van der Waals surface area contributed by atoms with Crippen LogP contribution >= 0.6 is 12.6 Å². The highest BCUT2D eigenvalue weighted by molar-refractivity contribution is 7.80. The molecule has 0 spiro atoms. The molecule has 1 aromatic rings. The Balaban J connectivity index is -0.0000000450. The number of alkyl halides is 9. The third kappa shape index (κ3) is 184. The van der Waals surface area contributed by atoms with Crippen molar-refractivity contribution in [1.29, 1.82) is 0 Å². The fraction of sp³-hybridized carbons (Fsp3) is 0.868. The van der Waals surface area contributed by atoms with Gasteiger partial charge in [-0.05, 0) is 104 Å². The second-order valence-corrected chi connectivity index (χ2v) is 32.9. The van der Waals surface area contributed by atoms with Gasteiger partial charge in [-0.25, -0.2) is 13.2 Å². The van der Waals surface area contributed by atoms with E-state index >= 15 is 0 Å². The minimum atomic E-state index is -4.02. The highest BCUT2D eigenvalue weighted by Crippen LogP contribution is 2.32. The van der Waals surface area contributed by atoms with Crippen LogP contribution < -0.4 is 0 Å². The van der Waals surface area contributed by atoms with Gasteiger partial charge in [0.25, 0.3) is 0 Å². The van der Waals surface area contributed by atoms with Gasteiger partial charge in [-0.15, -0.1) is 18.9 Å². The molecule has 536 valence electrons. The molecular weight excluding hydrogens is 1120 g/mol. The summed E-state index contributed by atoms with van der Waals surface area (Å²) >= 11 is 4.10. The van der Waals surface area contributed by atoms with E-state index in [9.17, 15) is 39.5 Å². The Morgan fingerprint density at radius 2 is 0.791 bits per heavy atom. The van der Waals surface area contributed by atoms with Crippen molar-refractivity contribution < 1.29 is 39.5 Å². The van der Waals surface area contributed by atoms with Crippen LogP contribution in [0.5, 0.6) is 0 Å². The van der Waals surface area contributed by atoms with Gasteiger partial charge in [0, 0.05) is 25.7 Å². The molecule has 1 rings (SSSR count). The van der Waals surface area contributed by atoms with E-state index in [0.717, 1.165) is 18.6 Å². The van der Waals surface area contributed by atoms with Gasteiger partial charge >= 0.3 is 12.4 Å². The van der Waals surface area contributed by atoms with Gasteiger partial charge < -0.3 is 0 Å². The van der Waals surface area contributed by atoms with Crippen LogP contribution in [0.15, 0.2) is 43.0 Å². The molecule has 0 saturated heterocycles. The summed E-state index contributed by atoms with van der Waals surface area (Å²) in [5.41, 5.74) is 3.28. The van der Waals surface area contributed by atoms with Crippen LogP contribution in [-0.2, 0) is 5.41 Å². The van der Waals surface area contributed by atoms with Crippen LogP contribution in [-0.4, -0.2) is 30.7 Å². The summed E-state index contributed by atoms with van der Waals surface area (Å²) in [6.45, 7) is 71.6. The molecule has 1 atom stereocenters. The van der Waals surface area contributed by atoms with Gasteiger partial charge in [0.15, 0.2) is 0 Å². The van der Waals surface area contributed by atoms with Crippen LogP contribution in [0.25, 0.3) is 0 Å². The zero-order valence-corrected chi connectivity index (χ0v) is 59.1. The average molecular weight is 1280 g/mol. The van der Waals surface area contributed by atoms with Crippen molar-refractivity contribution in [1.82, 2.24) is 0 Å². The first kappa shape index (κ1) is 125. The predicted molar refractivity (Wildman–Crippen MR) is 391 cm³/mol. The van der Waals surface area contributed by atoms with Crippen molar-refractivity contribution in [3.05, 3.63) is 48.6 Å². The van der Waals surface area contributed by atoms with E-state index in [2.05, 4.69) is 194 Å². The number of hydrogen-bond acceptors (Lipinski definition) is 1.